The first kappa shape index (κ1) is 15.8. The zero-order valence-electron chi connectivity index (χ0n) is 12.5. The van der Waals surface area contributed by atoms with E-state index in [9.17, 15) is 9.59 Å². The molecule has 0 radical (unpaired) electrons. The molecule has 0 spiro atoms. The lowest BCUT2D eigenvalue weighted by Crippen LogP contribution is -2.12. The SMILES string of the molecule is CCCC(=O)Oc1ccccc1C(=O)OCc1ccccc1. The van der Waals surface area contributed by atoms with Gasteiger partial charge in [0, 0.05) is 6.42 Å². The number of rotatable bonds is 6. The van der Waals surface area contributed by atoms with Crippen LogP contribution in [0.2, 0.25) is 0 Å². The van der Waals surface area contributed by atoms with E-state index in [1.54, 1.807) is 24.3 Å². The Hall–Kier alpha value is -2.62. The molecule has 0 N–H and O–H groups in total. The van der Waals surface area contributed by atoms with Crippen molar-refractivity contribution in [1.82, 2.24) is 0 Å². The van der Waals surface area contributed by atoms with Crippen LogP contribution in [0.3, 0.4) is 0 Å². The fourth-order valence-corrected chi connectivity index (χ4v) is 1.90. The lowest BCUT2D eigenvalue weighted by molar-refractivity contribution is -0.134. The molecule has 0 aliphatic heterocycles. The van der Waals surface area contributed by atoms with Gasteiger partial charge in [0.15, 0.2) is 0 Å². The predicted molar refractivity (Wildman–Crippen MR) is 82.5 cm³/mol. The fourth-order valence-electron chi connectivity index (χ4n) is 1.90. The molecule has 0 amide bonds. The van der Waals surface area contributed by atoms with Crippen molar-refractivity contribution < 1.29 is 19.1 Å². The van der Waals surface area contributed by atoms with Crippen LogP contribution in [0, 0.1) is 0 Å². The van der Waals surface area contributed by atoms with Gasteiger partial charge < -0.3 is 9.47 Å². The number of ether oxygens (including phenoxy) is 2. The summed E-state index contributed by atoms with van der Waals surface area (Å²) in [5.41, 5.74) is 1.15. The van der Waals surface area contributed by atoms with Gasteiger partial charge in [-0.3, -0.25) is 4.79 Å². The second-order valence-corrected chi connectivity index (χ2v) is 4.78. The van der Waals surface area contributed by atoms with E-state index in [2.05, 4.69) is 0 Å². The lowest BCUT2D eigenvalue weighted by atomic mass is 10.2. The van der Waals surface area contributed by atoms with Crippen LogP contribution in [-0.2, 0) is 16.1 Å². The third-order valence-corrected chi connectivity index (χ3v) is 3.00. The lowest BCUT2D eigenvalue weighted by Gasteiger charge is -2.10. The first-order valence-corrected chi connectivity index (χ1v) is 7.21. The van der Waals surface area contributed by atoms with E-state index >= 15 is 0 Å². The minimum absolute atomic E-state index is 0.177. The Morgan fingerprint density at radius 1 is 0.955 bits per heavy atom. The molecule has 4 nitrogen and oxygen atoms in total. The maximum absolute atomic E-state index is 12.2. The average Bonchev–Trinajstić information content (AvgIpc) is 2.54. The minimum atomic E-state index is -0.510. The van der Waals surface area contributed by atoms with Crippen LogP contribution in [0.4, 0.5) is 0 Å². The van der Waals surface area contributed by atoms with Crippen LogP contribution in [0.5, 0.6) is 5.75 Å². The number of benzene rings is 2. The number of carbonyl (C=O) groups excluding carboxylic acids is 2. The highest BCUT2D eigenvalue weighted by molar-refractivity contribution is 5.93. The van der Waals surface area contributed by atoms with Crippen molar-refractivity contribution >= 4 is 11.9 Å². The quantitative estimate of drug-likeness (QED) is 0.602. The average molecular weight is 298 g/mol. The third kappa shape index (κ3) is 4.45. The summed E-state index contributed by atoms with van der Waals surface area (Å²) in [6.07, 6.45) is 1.01. The molecule has 2 aromatic carbocycles. The number of esters is 2. The largest absolute Gasteiger partial charge is 0.457 e. The van der Waals surface area contributed by atoms with Gasteiger partial charge >= 0.3 is 11.9 Å². The number of para-hydroxylation sites is 1. The van der Waals surface area contributed by atoms with E-state index in [0.29, 0.717) is 12.8 Å². The topological polar surface area (TPSA) is 52.6 Å². The number of hydrogen-bond acceptors (Lipinski definition) is 4. The van der Waals surface area contributed by atoms with Gasteiger partial charge in [-0.25, -0.2) is 4.79 Å². The molecule has 0 saturated heterocycles. The van der Waals surface area contributed by atoms with E-state index in [4.69, 9.17) is 9.47 Å². The highest BCUT2D eigenvalue weighted by Crippen LogP contribution is 2.20. The number of hydrogen-bond donors (Lipinski definition) is 0. The first-order valence-electron chi connectivity index (χ1n) is 7.21. The van der Waals surface area contributed by atoms with Gasteiger partial charge in [0.1, 0.15) is 17.9 Å². The molecule has 2 aromatic rings. The first-order chi connectivity index (χ1) is 10.7. The predicted octanol–water partition coefficient (Wildman–Crippen LogP) is 3.75. The van der Waals surface area contributed by atoms with Crippen LogP contribution in [0.15, 0.2) is 54.6 Å². The standard InChI is InChI=1S/C18H18O4/c1-2-8-17(19)22-16-12-7-6-11-15(16)18(20)21-13-14-9-4-3-5-10-14/h3-7,9-12H,2,8,13H2,1H3. The number of carbonyl (C=O) groups is 2. The van der Waals surface area contributed by atoms with Crippen LogP contribution in [-0.4, -0.2) is 11.9 Å². The molecule has 0 aliphatic carbocycles. The monoisotopic (exact) mass is 298 g/mol. The Balaban J connectivity index is 2.04. The van der Waals surface area contributed by atoms with E-state index in [1.165, 1.54) is 0 Å². The fraction of sp³-hybridized carbons (Fsp3) is 0.222. The summed E-state index contributed by atoms with van der Waals surface area (Å²) in [4.78, 5) is 23.8. The minimum Gasteiger partial charge on any atom is -0.457 e. The maximum atomic E-state index is 12.2. The van der Waals surface area contributed by atoms with Gasteiger partial charge in [0.2, 0.25) is 0 Å². The summed E-state index contributed by atoms with van der Waals surface area (Å²) >= 11 is 0. The summed E-state index contributed by atoms with van der Waals surface area (Å²) < 4.78 is 10.5. The Kier molecular flexibility index (Phi) is 5.72. The Morgan fingerprint density at radius 3 is 2.36 bits per heavy atom. The summed E-state index contributed by atoms with van der Waals surface area (Å²) in [6, 6.07) is 16.0. The Morgan fingerprint density at radius 2 is 1.64 bits per heavy atom. The van der Waals surface area contributed by atoms with Crippen molar-refractivity contribution in [2.45, 2.75) is 26.4 Å². The summed E-state index contributed by atoms with van der Waals surface area (Å²) in [6.45, 7) is 2.07. The van der Waals surface area contributed by atoms with Crippen LogP contribution in [0.1, 0.15) is 35.7 Å². The van der Waals surface area contributed by atoms with Crippen molar-refractivity contribution in [3.63, 3.8) is 0 Å². The summed E-state index contributed by atoms with van der Waals surface area (Å²) in [5.74, 6) is -0.631. The molecule has 0 atom stereocenters. The second-order valence-electron chi connectivity index (χ2n) is 4.78. The molecular weight excluding hydrogens is 280 g/mol. The van der Waals surface area contributed by atoms with Gasteiger partial charge in [-0.1, -0.05) is 49.4 Å². The molecule has 0 aromatic heterocycles. The van der Waals surface area contributed by atoms with E-state index < -0.39 is 5.97 Å². The molecule has 2 rings (SSSR count). The molecular formula is C18H18O4. The smallest absolute Gasteiger partial charge is 0.342 e. The molecule has 0 saturated carbocycles. The molecule has 4 heteroatoms. The van der Waals surface area contributed by atoms with Gasteiger partial charge in [-0.15, -0.1) is 0 Å². The van der Waals surface area contributed by atoms with Crippen molar-refractivity contribution in [3.8, 4) is 5.75 Å². The van der Waals surface area contributed by atoms with Crippen LogP contribution in [0.25, 0.3) is 0 Å². The zero-order valence-corrected chi connectivity index (χ0v) is 12.5. The molecule has 22 heavy (non-hydrogen) atoms. The van der Waals surface area contributed by atoms with Crippen molar-refractivity contribution in [1.29, 1.82) is 0 Å². The Bertz CT molecular complexity index is 635. The molecule has 0 bridgehead atoms. The normalized spacial score (nSPS) is 10.0. The second kappa shape index (κ2) is 7.98. The van der Waals surface area contributed by atoms with Crippen LogP contribution < -0.4 is 4.74 Å². The molecule has 0 fully saturated rings. The molecule has 114 valence electrons. The maximum Gasteiger partial charge on any atom is 0.342 e. The van der Waals surface area contributed by atoms with E-state index in [0.717, 1.165) is 5.56 Å². The van der Waals surface area contributed by atoms with Crippen molar-refractivity contribution in [3.05, 3.63) is 65.7 Å². The van der Waals surface area contributed by atoms with Crippen LogP contribution >= 0.6 is 0 Å². The van der Waals surface area contributed by atoms with E-state index in [1.807, 2.05) is 37.3 Å². The van der Waals surface area contributed by atoms with Gasteiger partial charge in [0.05, 0.1) is 0 Å². The molecule has 0 aliphatic rings. The molecule has 0 heterocycles. The summed E-state index contributed by atoms with van der Waals surface area (Å²) in [5, 5.41) is 0. The van der Waals surface area contributed by atoms with Gasteiger partial charge in [-0.2, -0.15) is 0 Å². The van der Waals surface area contributed by atoms with Crippen molar-refractivity contribution in [2.24, 2.45) is 0 Å². The highest BCUT2D eigenvalue weighted by atomic mass is 16.5. The van der Waals surface area contributed by atoms with E-state index in [-0.39, 0.29) is 23.9 Å². The van der Waals surface area contributed by atoms with Crippen molar-refractivity contribution in [2.75, 3.05) is 0 Å². The summed E-state index contributed by atoms with van der Waals surface area (Å²) in [7, 11) is 0. The highest BCUT2D eigenvalue weighted by Gasteiger charge is 2.16. The third-order valence-electron chi connectivity index (χ3n) is 3.00. The zero-order chi connectivity index (χ0) is 15.8. The van der Waals surface area contributed by atoms with Gasteiger partial charge in [-0.05, 0) is 24.1 Å². The molecule has 0 unspecified atom stereocenters. The van der Waals surface area contributed by atoms with Gasteiger partial charge in [0.25, 0.3) is 0 Å². The Labute approximate surface area is 129 Å².